The van der Waals surface area contributed by atoms with Crippen LogP contribution in [0.25, 0.3) is 0 Å². The van der Waals surface area contributed by atoms with Crippen molar-refractivity contribution < 1.29 is 4.79 Å². The minimum absolute atomic E-state index is 0.261. The molecule has 0 aromatic heterocycles. The molecule has 0 aliphatic heterocycles. The van der Waals surface area contributed by atoms with Crippen LogP contribution in [0, 0.1) is 22.2 Å². The van der Waals surface area contributed by atoms with E-state index >= 15 is 0 Å². The summed E-state index contributed by atoms with van der Waals surface area (Å²) in [6.07, 6.45) is 6.22. The average Bonchev–Trinajstić information content (AvgIpc) is 2.75. The summed E-state index contributed by atoms with van der Waals surface area (Å²) in [6, 6.07) is 0. The molecule has 0 amide bonds. The quantitative estimate of drug-likeness (QED) is 0.665. The maximum absolute atomic E-state index is 12.1. The zero-order valence-corrected chi connectivity index (χ0v) is 12.5. The molecule has 0 aromatic carbocycles. The highest BCUT2D eigenvalue weighted by molar-refractivity contribution is 5.95. The van der Waals surface area contributed by atoms with Gasteiger partial charge in [-0.1, -0.05) is 33.3 Å². The second-order valence-electron chi connectivity index (χ2n) is 8.04. The highest BCUT2D eigenvalue weighted by Gasteiger charge is 2.65. The van der Waals surface area contributed by atoms with E-state index in [-0.39, 0.29) is 5.41 Å². The van der Waals surface area contributed by atoms with Gasteiger partial charge in [-0.25, -0.2) is 0 Å². The zero-order chi connectivity index (χ0) is 13.3. The number of hydrogen-bond acceptors (Lipinski definition) is 1. The predicted octanol–water partition coefficient (Wildman–Crippen LogP) is 4.52. The molecule has 3 rings (SSSR count). The Labute approximate surface area is 111 Å². The van der Waals surface area contributed by atoms with E-state index in [0.717, 1.165) is 12.3 Å². The number of rotatable bonds is 1. The van der Waals surface area contributed by atoms with Crippen LogP contribution in [0.4, 0.5) is 0 Å². The number of carbonyl (C=O) groups is 1. The summed E-state index contributed by atoms with van der Waals surface area (Å²) in [5, 5.41) is 0. The summed E-state index contributed by atoms with van der Waals surface area (Å²) in [4.78, 5) is 12.1. The number of fused-ring (bicyclic) bond motifs is 1. The second-order valence-corrected chi connectivity index (χ2v) is 8.04. The summed E-state index contributed by atoms with van der Waals surface area (Å²) < 4.78 is 0. The highest BCUT2D eigenvalue weighted by atomic mass is 16.1. The fourth-order valence-corrected chi connectivity index (χ4v) is 5.49. The number of ketones is 1. The van der Waals surface area contributed by atoms with Crippen LogP contribution in [0.1, 0.15) is 66.7 Å². The van der Waals surface area contributed by atoms with Crippen LogP contribution in [0.2, 0.25) is 0 Å². The third-order valence-corrected chi connectivity index (χ3v) is 6.68. The molecule has 0 aromatic rings. The van der Waals surface area contributed by atoms with Gasteiger partial charge in [0.1, 0.15) is 0 Å². The van der Waals surface area contributed by atoms with E-state index in [2.05, 4.69) is 27.7 Å². The standard InChI is InChI=1S/C17H26O/c1-11(18)13-7-8-15(2,3)17-9-6-12(10-17)16(4,5)14(13)17/h12H,6-10H2,1-5H3. The molecule has 2 saturated carbocycles. The third kappa shape index (κ3) is 1.21. The normalized spacial score (nSPS) is 39.9. The maximum atomic E-state index is 12.1. The molecule has 0 radical (unpaired) electrons. The van der Waals surface area contributed by atoms with Gasteiger partial charge in [-0.15, -0.1) is 0 Å². The van der Waals surface area contributed by atoms with Gasteiger partial charge in [0.15, 0.2) is 5.78 Å². The summed E-state index contributed by atoms with van der Waals surface area (Å²) in [6.45, 7) is 11.4. The molecule has 3 aliphatic carbocycles. The number of allylic oxidation sites excluding steroid dienone is 2. The first-order valence-corrected chi connectivity index (χ1v) is 7.47. The summed E-state index contributed by atoms with van der Waals surface area (Å²) in [5.41, 5.74) is 3.75. The molecule has 2 atom stereocenters. The number of hydrogen-bond donors (Lipinski definition) is 0. The van der Waals surface area contributed by atoms with Crippen molar-refractivity contribution in [2.24, 2.45) is 22.2 Å². The molecule has 3 aliphatic rings. The van der Waals surface area contributed by atoms with Gasteiger partial charge < -0.3 is 0 Å². The monoisotopic (exact) mass is 246 g/mol. The molecule has 18 heavy (non-hydrogen) atoms. The predicted molar refractivity (Wildman–Crippen MR) is 74.3 cm³/mol. The lowest BCUT2D eigenvalue weighted by atomic mass is 9.52. The third-order valence-electron chi connectivity index (χ3n) is 6.68. The fourth-order valence-electron chi connectivity index (χ4n) is 5.49. The summed E-state index contributed by atoms with van der Waals surface area (Å²) in [7, 11) is 0. The van der Waals surface area contributed by atoms with Crippen molar-refractivity contribution in [1.82, 2.24) is 0 Å². The summed E-state index contributed by atoms with van der Waals surface area (Å²) >= 11 is 0. The first-order valence-electron chi connectivity index (χ1n) is 7.47. The smallest absolute Gasteiger partial charge is 0.155 e. The Bertz CT molecular complexity index is 452. The first-order chi connectivity index (χ1) is 8.22. The van der Waals surface area contributed by atoms with Gasteiger partial charge in [-0.05, 0) is 66.8 Å². The molecule has 0 saturated heterocycles. The minimum Gasteiger partial charge on any atom is -0.295 e. The zero-order valence-electron chi connectivity index (χ0n) is 12.5. The van der Waals surface area contributed by atoms with Crippen LogP contribution in [0.5, 0.6) is 0 Å². The van der Waals surface area contributed by atoms with Crippen LogP contribution in [0.15, 0.2) is 11.1 Å². The molecule has 1 spiro atoms. The topological polar surface area (TPSA) is 17.1 Å². The van der Waals surface area contributed by atoms with Crippen LogP contribution >= 0.6 is 0 Å². The van der Waals surface area contributed by atoms with Crippen molar-refractivity contribution in [2.75, 3.05) is 0 Å². The lowest BCUT2D eigenvalue weighted by Crippen LogP contribution is -2.43. The lowest BCUT2D eigenvalue weighted by molar-refractivity contribution is -0.114. The molecule has 2 unspecified atom stereocenters. The number of Topliss-reactive ketones (excluding diaryl/α,β-unsaturated/α-hetero) is 1. The van der Waals surface area contributed by atoms with Crippen molar-refractivity contribution in [3.63, 3.8) is 0 Å². The molecular weight excluding hydrogens is 220 g/mol. The molecule has 2 bridgehead atoms. The van der Waals surface area contributed by atoms with Crippen molar-refractivity contribution in [3.05, 3.63) is 11.1 Å². The Balaban J connectivity index is 2.27. The van der Waals surface area contributed by atoms with E-state index in [1.54, 1.807) is 12.5 Å². The van der Waals surface area contributed by atoms with Crippen molar-refractivity contribution >= 4 is 5.78 Å². The van der Waals surface area contributed by atoms with E-state index in [9.17, 15) is 4.79 Å². The molecule has 100 valence electrons. The van der Waals surface area contributed by atoms with Gasteiger partial charge in [0.25, 0.3) is 0 Å². The fraction of sp³-hybridized carbons (Fsp3) is 0.824. The Morgan fingerprint density at radius 1 is 1.17 bits per heavy atom. The van der Waals surface area contributed by atoms with Crippen LogP contribution < -0.4 is 0 Å². The van der Waals surface area contributed by atoms with Gasteiger partial charge in [-0.2, -0.15) is 0 Å². The molecule has 2 fully saturated rings. The van der Waals surface area contributed by atoms with Crippen molar-refractivity contribution in [3.8, 4) is 0 Å². The van der Waals surface area contributed by atoms with Crippen LogP contribution in [-0.2, 0) is 4.79 Å². The SMILES string of the molecule is CC(=O)C1=C2C(C)(C)C3CCC2(C3)C(C)(C)CC1. The molecule has 1 nitrogen and oxygen atoms in total. The van der Waals surface area contributed by atoms with E-state index in [0.29, 0.717) is 16.6 Å². The molecule has 0 heterocycles. The van der Waals surface area contributed by atoms with Gasteiger partial charge >= 0.3 is 0 Å². The lowest BCUT2D eigenvalue weighted by Gasteiger charge is -2.52. The van der Waals surface area contributed by atoms with Crippen molar-refractivity contribution in [1.29, 1.82) is 0 Å². The van der Waals surface area contributed by atoms with E-state index in [4.69, 9.17) is 0 Å². The Kier molecular flexibility index (Phi) is 2.28. The van der Waals surface area contributed by atoms with Gasteiger partial charge in [0.2, 0.25) is 0 Å². The molecule has 1 heteroatoms. The molecular formula is C17H26O. The Morgan fingerprint density at radius 3 is 2.44 bits per heavy atom. The maximum Gasteiger partial charge on any atom is 0.155 e. The van der Waals surface area contributed by atoms with Crippen molar-refractivity contribution in [2.45, 2.75) is 66.7 Å². The van der Waals surface area contributed by atoms with E-state index in [1.165, 1.54) is 31.3 Å². The Hall–Kier alpha value is -0.590. The average molecular weight is 246 g/mol. The van der Waals surface area contributed by atoms with Crippen LogP contribution in [0.3, 0.4) is 0 Å². The van der Waals surface area contributed by atoms with Gasteiger partial charge in [-0.3, -0.25) is 4.79 Å². The molecule has 0 N–H and O–H groups in total. The van der Waals surface area contributed by atoms with Gasteiger partial charge in [0.05, 0.1) is 0 Å². The van der Waals surface area contributed by atoms with Crippen LogP contribution in [-0.4, -0.2) is 5.78 Å². The minimum atomic E-state index is 0.261. The summed E-state index contributed by atoms with van der Waals surface area (Å²) in [5.74, 6) is 1.14. The van der Waals surface area contributed by atoms with E-state index in [1.807, 2.05) is 0 Å². The first kappa shape index (κ1) is 12.4. The highest BCUT2D eigenvalue weighted by Crippen LogP contribution is 2.74. The Morgan fingerprint density at radius 2 is 1.83 bits per heavy atom. The van der Waals surface area contributed by atoms with E-state index < -0.39 is 0 Å². The largest absolute Gasteiger partial charge is 0.295 e. The van der Waals surface area contributed by atoms with Gasteiger partial charge in [0, 0.05) is 0 Å². The number of carbonyl (C=O) groups excluding carboxylic acids is 1. The second kappa shape index (κ2) is 3.29.